The molecule has 1 aliphatic carbocycles. The van der Waals surface area contributed by atoms with E-state index in [-0.39, 0.29) is 6.10 Å². The van der Waals surface area contributed by atoms with E-state index in [9.17, 15) is 5.11 Å². The Labute approximate surface area is 84.0 Å². The lowest BCUT2D eigenvalue weighted by Gasteiger charge is -2.16. The first kappa shape index (κ1) is 9.65. The Hall–Kier alpha value is -0.900. The highest BCUT2D eigenvalue weighted by atomic mass is 16.3. The van der Waals surface area contributed by atoms with Crippen LogP contribution in [-0.4, -0.2) is 26.0 Å². The number of aromatic nitrogens is 3. The molecule has 1 unspecified atom stereocenters. The van der Waals surface area contributed by atoms with Gasteiger partial charge in [-0.25, -0.2) is 4.98 Å². The first-order valence-corrected chi connectivity index (χ1v) is 5.28. The number of rotatable bonds is 3. The van der Waals surface area contributed by atoms with Crippen LogP contribution in [-0.2, 0) is 13.5 Å². The molecular weight excluding hydrogens is 178 g/mol. The standard InChI is InChI=1S/C10H17N3O/c1-13-10(11-7-12-13)6-9(14)8-4-2-3-5-8/h7-9,14H,2-6H2,1H3. The van der Waals surface area contributed by atoms with E-state index in [0.29, 0.717) is 12.3 Å². The first-order valence-electron chi connectivity index (χ1n) is 5.28. The molecule has 0 radical (unpaired) electrons. The lowest BCUT2D eigenvalue weighted by Crippen LogP contribution is -2.22. The van der Waals surface area contributed by atoms with Crippen molar-refractivity contribution in [1.82, 2.24) is 14.8 Å². The molecule has 0 saturated heterocycles. The summed E-state index contributed by atoms with van der Waals surface area (Å²) in [7, 11) is 1.86. The van der Waals surface area contributed by atoms with Crippen molar-refractivity contribution in [2.75, 3.05) is 0 Å². The second-order valence-electron chi connectivity index (χ2n) is 4.12. The fourth-order valence-electron chi connectivity index (χ4n) is 2.20. The zero-order valence-electron chi connectivity index (χ0n) is 8.56. The molecule has 78 valence electrons. The molecule has 4 heteroatoms. The van der Waals surface area contributed by atoms with E-state index in [1.165, 1.54) is 32.0 Å². The smallest absolute Gasteiger partial charge is 0.138 e. The normalized spacial score (nSPS) is 20.1. The summed E-state index contributed by atoms with van der Waals surface area (Å²) in [5.74, 6) is 1.36. The van der Waals surface area contributed by atoms with Gasteiger partial charge in [-0.2, -0.15) is 5.10 Å². The van der Waals surface area contributed by atoms with E-state index >= 15 is 0 Å². The van der Waals surface area contributed by atoms with Gasteiger partial charge in [0.1, 0.15) is 12.2 Å². The van der Waals surface area contributed by atoms with Gasteiger partial charge in [0.25, 0.3) is 0 Å². The van der Waals surface area contributed by atoms with Crippen molar-refractivity contribution < 1.29 is 5.11 Å². The molecule has 0 spiro atoms. The second-order valence-corrected chi connectivity index (χ2v) is 4.12. The zero-order valence-corrected chi connectivity index (χ0v) is 8.56. The van der Waals surface area contributed by atoms with Crippen LogP contribution in [0.2, 0.25) is 0 Å². The van der Waals surface area contributed by atoms with E-state index in [1.807, 2.05) is 7.05 Å². The van der Waals surface area contributed by atoms with Crippen molar-refractivity contribution >= 4 is 0 Å². The van der Waals surface area contributed by atoms with Gasteiger partial charge in [-0.15, -0.1) is 0 Å². The summed E-state index contributed by atoms with van der Waals surface area (Å²) in [4.78, 5) is 4.12. The topological polar surface area (TPSA) is 50.9 Å². The zero-order chi connectivity index (χ0) is 9.97. The summed E-state index contributed by atoms with van der Waals surface area (Å²) in [6.45, 7) is 0. The Bertz CT molecular complexity index is 291. The third-order valence-electron chi connectivity index (χ3n) is 3.14. The number of aryl methyl sites for hydroxylation is 1. The van der Waals surface area contributed by atoms with Crippen molar-refractivity contribution in [3.05, 3.63) is 12.2 Å². The summed E-state index contributed by atoms with van der Waals surface area (Å²) in [6, 6.07) is 0. The lowest BCUT2D eigenvalue weighted by molar-refractivity contribution is 0.108. The quantitative estimate of drug-likeness (QED) is 0.780. The molecule has 1 heterocycles. The fourth-order valence-corrected chi connectivity index (χ4v) is 2.20. The SMILES string of the molecule is Cn1ncnc1CC(O)C1CCCC1. The van der Waals surface area contributed by atoms with E-state index in [4.69, 9.17) is 0 Å². The number of aliphatic hydroxyl groups excluding tert-OH is 1. The van der Waals surface area contributed by atoms with Gasteiger partial charge in [0.05, 0.1) is 6.10 Å². The van der Waals surface area contributed by atoms with Gasteiger partial charge in [0.15, 0.2) is 0 Å². The van der Waals surface area contributed by atoms with Crippen molar-refractivity contribution in [2.24, 2.45) is 13.0 Å². The molecule has 1 N–H and O–H groups in total. The maximum absolute atomic E-state index is 9.96. The van der Waals surface area contributed by atoms with Crippen LogP contribution in [0.1, 0.15) is 31.5 Å². The van der Waals surface area contributed by atoms with Crippen LogP contribution in [0.3, 0.4) is 0 Å². The van der Waals surface area contributed by atoms with Crippen LogP contribution < -0.4 is 0 Å². The first-order chi connectivity index (χ1) is 6.77. The van der Waals surface area contributed by atoms with Gasteiger partial charge in [0, 0.05) is 13.5 Å². The molecule has 1 aliphatic rings. The van der Waals surface area contributed by atoms with Crippen LogP contribution in [0, 0.1) is 5.92 Å². The Morgan fingerprint density at radius 2 is 2.29 bits per heavy atom. The highest BCUT2D eigenvalue weighted by Crippen LogP contribution is 2.28. The third kappa shape index (κ3) is 1.95. The minimum Gasteiger partial charge on any atom is -0.392 e. The predicted molar refractivity (Wildman–Crippen MR) is 52.7 cm³/mol. The van der Waals surface area contributed by atoms with Gasteiger partial charge < -0.3 is 5.11 Å². The third-order valence-corrected chi connectivity index (χ3v) is 3.14. The summed E-state index contributed by atoms with van der Waals surface area (Å²) >= 11 is 0. The van der Waals surface area contributed by atoms with Gasteiger partial charge >= 0.3 is 0 Å². The van der Waals surface area contributed by atoms with Crippen LogP contribution in [0.15, 0.2) is 6.33 Å². The molecule has 14 heavy (non-hydrogen) atoms. The predicted octanol–water partition coefficient (Wildman–Crippen LogP) is 0.909. The van der Waals surface area contributed by atoms with Crippen molar-refractivity contribution in [3.63, 3.8) is 0 Å². The van der Waals surface area contributed by atoms with Crippen LogP contribution in [0.4, 0.5) is 0 Å². The molecule has 0 bridgehead atoms. The summed E-state index contributed by atoms with van der Waals surface area (Å²) in [5.41, 5.74) is 0. The number of aliphatic hydroxyl groups is 1. The van der Waals surface area contributed by atoms with Gasteiger partial charge in [-0.05, 0) is 18.8 Å². The van der Waals surface area contributed by atoms with Crippen LogP contribution in [0.5, 0.6) is 0 Å². The van der Waals surface area contributed by atoms with Crippen molar-refractivity contribution in [2.45, 2.75) is 38.2 Å². The van der Waals surface area contributed by atoms with Crippen molar-refractivity contribution in [1.29, 1.82) is 0 Å². The molecule has 2 rings (SSSR count). The van der Waals surface area contributed by atoms with Crippen molar-refractivity contribution in [3.8, 4) is 0 Å². The average molecular weight is 195 g/mol. The van der Waals surface area contributed by atoms with Gasteiger partial charge in [0.2, 0.25) is 0 Å². The molecule has 1 fully saturated rings. The lowest BCUT2D eigenvalue weighted by atomic mass is 9.98. The molecule has 1 atom stereocenters. The maximum atomic E-state index is 9.96. The Morgan fingerprint density at radius 1 is 1.57 bits per heavy atom. The highest BCUT2D eigenvalue weighted by Gasteiger charge is 2.24. The van der Waals surface area contributed by atoms with E-state index in [2.05, 4.69) is 10.1 Å². The summed E-state index contributed by atoms with van der Waals surface area (Å²) < 4.78 is 1.73. The van der Waals surface area contributed by atoms with Gasteiger partial charge in [-0.1, -0.05) is 12.8 Å². The molecule has 0 amide bonds. The minimum atomic E-state index is -0.236. The molecular formula is C10H17N3O. The molecule has 0 aromatic carbocycles. The largest absolute Gasteiger partial charge is 0.392 e. The Kier molecular flexibility index (Phi) is 2.82. The maximum Gasteiger partial charge on any atom is 0.138 e. The molecule has 1 aromatic rings. The fraction of sp³-hybridized carbons (Fsp3) is 0.800. The Morgan fingerprint density at radius 3 is 2.86 bits per heavy atom. The van der Waals surface area contributed by atoms with Crippen LogP contribution >= 0.6 is 0 Å². The molecule has 0 aliphatic heterocycles. The molecule has 1 saturated carbocycles. The number of hydrogen-bond acceptors (Lipinski definition) is 3. The number of nitrogens with zero attached hydrogens (tertiary/aromatic N) is 3. The monoisotopic (exact) mass is 195 g/mol. The summed E-state index contributed by atoms with van der Waals surface area (Å²) in [5, 5.41) is 14.0. The summed E-state index contributed by atoms with van der Waals surface area (Å²) in [6.07, 6.45) is 6.80. The molecule has 1 aromatic heterocycles. The average Bonchev–Trinajstić information content (AvgIpc) is 2.77. The highest BCUT2D eigenvalue weighted by molar-refractivity contribution is 4.89. The minimum absolute atomic E-state index is 0.236. The van der Waals surface area contributed by atoms with E-state index < -0.39 is 0 Å². The van der Waals surface area contributed by atoms with Crippen LogP contribution in [0.25, 0.3) is 0 Å². The number of hydrogen-bond donors (Lipinski definition) is 1. The van der Waals surface area contributed by atoms with E-state index in [1.54, 1.807) is 4.68 Å². The van der Waals surface area contributed by atoms with Gasteiger partial charge in [-0.3, -0.25) is 4.68 Å². The van der Waals surface area contributed by atoms with E-state index in [0.717, 1.165) is 5.82 Å². The second kappa shape index (κ2) is 4.09. The Balaban J connectivity index is 1.93. The molecule has 4 nitrogen and oxygen atoms in total.